The van der Waals surface area contributed by atoms with Crippen LogP contribution in [0.15, 0.2) is 39.8 Å². The fourth-order valence-corrected chi connectivity index (χ4v) is 3.60. The van der Waals surface area contributed by atoms with Gasteiger partial charge in [0, 0.05) is 18.5 Å². The Morgan fingerprint density at radius 3 is 2.76 bits per heavy atom. The zero-order valence-electron chi connectivity index (χ0n) is 12.3. The fourth-order valence-electron chi connectivity index (χ4n) is 2.19. The van der Waals surface area contributed by atoms with Gasteiger partial charge in [-0.3, -0.25) is 0 Å². The van der Waals surface area contributed by atoms with Gasteiger partial charge < -0.3 is 9.52 Å². The summed E-state index contributed by atoms with van der Waals surface area (Å²) in [5.74, 6) is 0. The second-order valence-corrected chi connectivity index (χ2v) is 7.65. The number of hydrogen-bond donors (Lipinski definition) is 2. The second kappa shape index (κ2) is 6.17. The molecule has 1 heterocycles. The molecule has 0 amide bonds. The maximum Gasteiger partial charge on any atom is 0.244 e. The molecule has 116 valence electrons. The van der Waals surface area contributed by atoms with Gasteiger partial charge in [0.2, 0.25) is 10.0 Å². The van der Waals surface area contributed by atoms with E-state index >= 15 is 0 Å². The minimum atomic E-state index is -3.62. The van der Waals surface area contributed by atoms with Crippen molar-refractivity contribution in [1.82, 2.24) is 4.72 Å². The molecular weight excluding hydrogens is 290 g/mol. The third-order valence-corrected chi connectivity index (χ3v) is 4.91. The standard InChI is InChI=1S/C15H21NO4S/c1-15(2,8-4-9-17)11-16-21(18,19)13-6-3-5-12-7-10-20-14(12)13/h3,5-7,10,16-17H,4,8-9,11H2,1-2H3. The molecule has 0 aliphatic carbocycles. The van der Waals surface area contributed by atoms with Crippen LogP contribution < -0.4 is 4.72 Å². The van der Waals surface area contributed by atoms with E-state index in [1.807, 2.05) is 19.9 Å². The van der Waals surface area contributed by atoms with Gasteiger partial charge in [-0.1, -0.05) is 26.0 Å². The predicted octanol–water partition coefficient (Wildman–Crippen LogP) is 2.51. The van der Waals surface area contributed by atoms with Crippen LogP contribution >= 0.6 is 0 Å². The van der Waals surface area contributed by atoms with E-state index in [-0.39, 0.29) is 16.9 Å². The quantitative estimate of drug-likeness (QED) is 0.823. The SMILES string of the molecule is CC(C)(CCCO)CNS(=O)(=O)c1cccc2ccoc12. The van der Waals surface area contributed by atoms with Crippen LogP contribution in [0.5, 0.6) is 0 Å². The van der Waals surface area contributed by atoms with E-state index in [4.69, 9.17) is 9.52 Å². The Balaban J connectivity index is 2.17. The maximum atomic E-state index is 12.4. The molecule has 0 bridgehead atoms. The topological polar surface area (TPSA) is 79.5 Å². The fraction of sp³-hybridized carbons (Fsp3) is 0.467. The zero-order chi connectivity index (χ0) is 15.5. The third-order valence-electron chi connectivity index (χ3n) is 3.48. The number of aliphatic hydroxyl groups excluding tert-OH is 1. The summed E-state index contributed by atoms with van der Waals surface area (Å²) in [6.45, 7) is 4.37. The summed E-state index contributed by atoms with van der Waals surface area (Å²) < 4.78 is 32.8. The average Bonchev–Trinajstić information content (AvgIpc) is 2.91. The van der Waals surface area contributed by atoms with Crippen LogP contribution in [0, 0.1) is 5.41 Å². The minimum Gasteiger partial charge on any atom is -0.463 e. The highest BCUT2D eigenvalue weighted by Gasteiger charge is 2.24. The largest absolute Gasteiger partial charge is 0.463 e. The van der Waals surface area contributed by atoms with Crippen molar-refractivity contribution in [2.24, 2.45) is 5.41 Å². The van der Waals surface area contributed by atoms with E-state index in [0.29, 0.717) is 18.5 Å². The summed E-state index contributed by atoms with van der Waals surface area (Å²) in [7, 11) is -3.62. The second-order valence-electron chi connectivity index (χ2n) is 5.91. The van der Waals surface area contributed by atoms with Crippen LogP contribution in [0.4, 0.5) is 0 Å². The lowest BCUT2D eigenvalue weighted by molar-refractivity contribution is 0.242. The van der Waals surface area contributed by atoms with Crippen molar-refractivity contribution in [3.63, 3.8) is 0 Å². The molecule has 1 aromatic heterocycles. The van der Waals surface area contributed by atoms with E-state index < -0.39 is 10.0 Å². The van der Waals surface area contributed by atoms with Gasteiger partial charge in [-0.05, 0) is 30.4 Å². The van der Waals surface area contributed by atoms with Crippen LogP contribution in [0.2, 0.25) is 0 Å². The molecule has 0 radical (unpaired) electrons. The first kappa shape index (κ1) is 16.0. The Bertz CT molecular complexity index is 703. The molecule has 0 aliphatic heterocycles. The number of fused-ring (bicyclic) bond motifs is 1. The maximum absolute atomic E-state index is 12.4. The molecular formula is C15H21NO4S. The molecule has 0 aliphatic rings. The van der Waals surface area contributed by atoms with Gasteiger partial charge in [0.1, 0.15) is 4.90 Å². The van der Waals surface area contributed by atoms with E-state index in [2.05, 4.69) is 4.72 Å². The van der Waals surface area contributed by atoms with Gasteiger partial charge in [-0.2, -0.15) is 0 Å². The molecule has 6 heteroatoms. The van der Waals surface area contributed by atoms with Crippen LogP contribution in [0.25, 0.3) is 11.0 Å². The highest BCUT2D eigenvalue weighted by molar-refractivity contribution is 7.89. The number of furan rings is 1. The molecule has 0 saturated carbocycles. The lowest BCUT2D eigenvalue weighted by Gasteiger charge is -2.24. The summed E-state index contributed by atoms with van der Waals surface area (Å²) in [6.07, 6.45) is 2.88. The Kier molecular flexibility index (Phi) is 4.70. The number of aliphatic hydroxyl groups is 1. The normalized spacial score (nSPS) is 12.9. The van der Waals surface area contributed by atoms with Gasteiger partial charge >= 0.3 is 0 Å². The predicted molar refractivity (Wildman–Crippen MR) is 81.5 cm³/mol. The lowest BCUT2D eigenvalue weighted by Crippen LogP contribution is -2.34. The zero-order valence-corrected chi connectivity index (χ0v) is 13.1. The third kappa shape index (κ3) is 3.84. The molecule has 0 unspecified atom stereocenters. The Morgan fingerprint density at radius 2 is 2.05 bits per heavy atom. The summed E-state index contributed by atoms with van der Waals surface area (Å²) in [5, 5.41) is 9.64. The average molecular weight is 311 g/mol. The Morgan fingerprint density at radius 1 is 1.29 bits per heavy atom. The smallest absolute Gasteiger partial charge is 0.244 e. The van der Waals surface area contributed by atoms with Crippen molar-refractivity contribution in [2.75, 3.05) is 13.2 Å². The summed E-state index contributed by atoms with van der Waals surface area (Å²) in [5.41, 5.74) is 0.158. The molecule has 5 nitrogen and oxygen atoms in total. The molecule has 0 spiro atoms. The number of hydrogen-bond acceptors (Lipinski definition) is 4. The van der Waals surface area contributed by atoms with Crippen molar-refractivity contribution in [3.05, 3.63) is 30.5 Å². The van der Waals surface area contributed by atoms with Gasteiger partial charge in [-0.25, -0.2) is 13.1 Å². The number of para-hydroxylation sites is 1. The number of benzene rings is 1. The first-order chi connectivity index (χ1) is 9.86. The molecule has 2 aromatic rings. The van der Waals surface area contributed by atoms with Crippen LogP contribution in [0.3, 0.4) is 0 Å². The van der Waals surface area contributed by atoms with Crippen molar-refractivity contribution < 1.29 is 17.9 Å². The molecule has 21 heavy (non-hydrogen) atoms. The molecule has 0 saturated heterocycles. The molecule has 2 N–H and O–H groups in total. The van der Waals surface area contributed by atoms with E-state index in [1.165, 1.54) is 12.3 Å². The number of sulfonamides is 1. The lowest BCUT2D eigenvalue weighted by atomic mass is 9.88. The molecule has 0 fully saturated rings. The molecule has 1 aromatic carbocycles. The van der Waals surface area contributed by atoms with Gasteiger partial charge in [0.25, 0.3) is 0 Å². The first-order valence-electron chi connectivity index (χ1n) is 6.92. The first-order valence-corrected chi connectivity index (χ1v) is 8.41. The van der Waals surface area contributed by atoms with Crippen molar-refractivity contribution in [3.8, 4) is 0 Å². The summed E-state index contributed by atoms with van der Waals surface area (Å²) in [6, 6.07) is 6.78. The number of rotatable bonds is 7. The van der Waals surface area contributed by atoms with Crippen molar-refractivity contribution >= 4 is 21.0 Å². The van der Waals surface area contributed by atoms with Gasteiger partial charge in [0.05, 0.1) is 6.26 Å². The summed E-state index contributed by atoms with van der Waals surface area (Å²) in [4.78, 5) is 0.156. The van der Waals surface area contributed by atoms with Gasteiger partial charge in [-0.15, -0.1) is 0 Å². The van der Waals surface area contributed by atoms with Crippen molar-refractivity contribution in [2.45, 2.75) is 31.6 Å². The number of nitrogens with one attached hydrogen (secondary N) is 1. The Hall–Kier alpha value is -1.37. The van der Waals surface area contributed by atoms with Crippen LogP contribution in [0.1, 0.15) is 26.7 Å². The van der Waals surface area contributed by atoms with E-state index in [1.54, 1.807) is 12.1 Å². The monoisotopic (exact) mass is 311 g/mol. The van der Waals surface area contributed by atoms with E-state index in [9.17, 15) is 8.42 Å². The highest BCUT2D eigenvalue weighted by Crippen LogP contribution is 2.25. The minimum absolute atomic E-state index is 0.113. The van der Waals surface area contributed by atoms with Crippen molar-refractivity contribution in [1.29, 1.82) is 0 Å². The molecule has 0 atom stereocenters. The highest BCUT2D eigenvalue weighted by atomic mass is 32.2. The molecule has 2 rings (SSSR count). The Labute approximate surface area is 125 Å². The van der Waals surface area contributed by atoms with Crippen LogP contribution in [-0.4, -0.2) is 26.7 Å². The van der Waals surface area contributed by atoms with Crippen LogP contribution in [-0.2, 0) is 10.0 Å². The van der Waals surface area contributed by atoms with Gasteiger partial charge in [0.15, 0.2) is 5.58 Å². The van der Waals surface area contributed by atoms with E-state index in [0.717, 1.165) is 11.8 Å². The summed E-state index contributed by atoms with van der Waals surface area (Å²) >= 11 is 0.